The molecule has 0 saturated heterocycles. The number of alkyl halides is 3. The van der Waals surface area contributed by atoms with Gasteiger partial charge < -0.3 is 5.11 Å². The first kappa shape index (κ1) is 14.0. The topological polar surface area (TPSA) is 20.2 Å². The van der Waals surface area contributed by atoms with Gasteiger partial charge in [0, 0.05) is 0 Å². The maximum absolute atomic E-state index is 13.0. The van der Waals surface area contributed by atoms with Gasteiger partial charge in [0.2, 0.25) is 0 Å². The van der Waals surface area contributed by atoms with Gasteiger partial charge in [-0.2, -0.15) is 13.2 Å². The first-order valence-electron chi connectivity index (χ1n) is 5.17. The molecule has 1 aromatic rings. The minimum absolute atomic E-state index is 0.0488. The fourth-order valence-electron chi connectivity index (χ4n) is 1.81. The van der Waals surface area contributed by atoms with Crippen molar-refractivity contribution in [2.75, 3.05) is 0 Å². The molecule has 2 atom stereocenters. The average Bonchev–Trinajstić information content (AvgIpc) is 2.15. The number of aliphatic hydroxyl groups excluding tert-OH is 1. The fraction of sp³-hybridized carbons (Fsp3) is 0.500. The van der Waals surface area contributed by atoms with E-state index in [-0.39, 0.29) is 5.56 Å². The second-order valence-electron chi connectivity index (χ2n) is 4.39. The van der Waals surface area contributed by atoms with Crippen molar-refractivity contribution in [1.82, 2.24) is 0 Å². The van der Waals surface area contributed by atoms with Gasteiger partial charge in [-0.05, 0) is 38.0 Å². The molecule has 5 heteroatoms. The van der Waals surface area contributed by atoms with Crippen molar-refractivity contribution >= 4 is 0 Å². The second kappa shape index (κ2) is 4.64. The summed E-state index contributed by atoms with van der Waals surface area (Å²) in [6, 6.07) is 4.18. The molecule has 1 rings (SSSR count). The van der Waals surface area contributed by atoms with Crippen LogP contribution in [0.4, 0.5) is 17.6 Å². The molecule has 1 aromatic carbocycles. The lowest BCUT2D eigenvalue weighted by Gasteiger charge is -2.33. The lowest BCUT2D eigenvalue weighted by molar-refractivity contribution is -0.192. The van der Waals surface area contributed by atoms with Gasteiger partial charge in [0.15, 0.2) is 0 Å². The molecule has 0 bridgehead atoms. The van der Waals surface area contributed by atoms with Gasteiger partial charge in [0.25, 0.3) is 0 Å². The van der Waals surface area contributed by atoms with Gasteiger partial charge in [0.05, 0.1) is 11.5 Å². The molecule has 0 heterocycles. The van der Waals surface area contributed by atoms with E-state index >= 15 is 0 Å². The molecule has 2 unspecified atom stereocenters. The smallest absolute Gasteiger partial charge is 0.393 e. The molecule has 1 nitrogen and oxygen atoms in total. The molecule has 1 N–H and O–H groups in total. The maximum atomic E-state index is 13.0. The van der Waals surface area contributed by atoms with E-state index in [2.05, 4.69) is 0 Å². The molecule has 0 saturated carbocycles. The van der Waals surface area contributed by atoms with Crippen LogP contribution >= 0.6 is 0 Å². The van der Waals surface area contributed by atoms with Crippen molar-refractivity contribution in [3.63, 3.8) is 0 Å². The van der Waals surface area contributed by atoms with E-state index in [1.54, 1.807) is 0 Å². The number of hydrogen-bond acceptors (Lipinski definition) is 1. The molecule has 0 aliphatic heterocycles. The normalized spacial score (nSPS) is 17.6. The number of aliphatic hydroxyl groups is 1. The zero-order chi connectivity index (χ0) is 13.3. The largest absolute Gasteiger partial charge is 0.398 e. The predicted molar refractivity (Wildman–Crippen MR) is 56.1 cm³/mol. The Bertz CT molecular complexity index is 369. The highest BCUT2D eigenvalue weighted by Gasteiger charge is 2.52. The van der Waals surface area contributed by atoms with Crippen molar-refractivity contribution in [3.05, 3.63) is 35.6 Å². The van der Waals surface area contributed by atoms with Crippen molar-refractivity contribution in [3.8, 4) is 0 Å². The van der Waals surface area contributed by atoms with Gasteiger partial charge in [-0.25, -0.2) is 4.39 Å². The van der Waals surface area contributed by atoms with Crippen molar-refractivity contribution in [2.45, 2.75) is 38.0 Å². The van der Waals surface area contributed by atoms with Gasteiger partial charge in [0.1, 0.15) is 5.82 Å². The van der Waals surface area contributed by atoms with Crippen molar-refractivity contribution in [2.24, 2.45) is 0 Å². The summed E-state index contributed by atoms with van der Waals surface area (Å²) in [5.41, 5.74) is -2.22. The quantitative estimate of drug-likeness (QED) is 0.815. The van der Waals surface area contributed by atoms with Crippen LogP contribution in [-0.4, -0.2) is 17.4 Å². The first-order valence-corrected chi connectivity index (χ1v) is 5.17. The van der Waals surface area contributed by atoms with Gasteiger partial charge >= 0.3 is 6.18 Å². The Hall–Kier alpha value is -1.10. The summed E-state index contributed by atoms with van der Waals surface area (Å²) >= 11 is 0. The highest BCUT2D eigenvalue weighted by atomic mass is 19.4. The minimum Gasteiger partial charge on any atom is -0.393 e. The number of benzene rings is 1. The molecule has 0 amide bonds. The van der Waals surface area contributed by atoms with Crippen LogP contribution in [0.5, 0.6) is 0 Å². The number of hydrogen-bond donors (Lipinski definition) is 1. The standard InChI is InChI=1S/C12H14F4O/c1-8(17)7-11(2,12(14,15)16)9-3-5-10(13)6-4-9/h3-6,8,17H,7H2,1-2H3. The Balaban J connectivity index is 3.19. The summed E-state index contributed by atoms with van der Waals surface area (Å²) in [5.74, 6) is -0.588. The Morgan fingerprint density at radius 1 is 1.18 bits per heavy atom. The molecule has 0 aliphatic carbocycles. The van der Waals surface area contributed by atoms with Crippen LogP contribution in [0.25, 0.3) is 0 Å². The summed E-state index contributed by atoms with van der Waals surface area (Å²) < 4.78 is 51.8. The van der Waals surface area contributed by atoms with Crippen molar-refractivity contribution < 1.29 is 22.7 Å². The molecule has 0 spiro atoms. The Morgan fingerprint density at radius 2 is 1.65 bits per heavy atom. The monoisotopic (exact) mass is 250 g/mol. The lowest BCUT2D eigenvalue weighted by atomic mass is 9.77. The first-order chi connectivity index (χ1) is 7.67. The summed E-state index contributed by atoms with van der Waals surface area (Å²) in [5, 5.41) is 9.19. The van der Waals surface area contributed by atoms with Gasteiger partial charge in [-0.3, -0.25) is 0 Å². The second-order valence-corrected chi connectivity index (χ2v) is 4.39. The predicted octanol–water partition coefficient (Wildman–Crippen LogP) is 3.42. The van der Waals surface area contributed by atoms with E-state index in [1.807, 2.05) is 0 Å². The highest BCUT2D eigenvalue weighted by Crippen LogP contribution is 2.44. The molecule has 0 aromatic heterocycles. The molecular weight excluding hydrogens is 236 g/mol. The minimum atomic E-state index is -4.50. The highest BCUT2D eigenvalue weighted by molar-refractivity contribution is 5.27. The molecular formula is C12H14F4O. The molecule has 17 heavy (non-hydrogen) atoms. The van der Waals surface area contributed by atoms with E-state index in [4.69, 9.17) is 0 Å². The van der Waals surface area contributed by atoms with Gasteiger partial charge in [-0.1, -0.05) is 12.1 Å². The molecule has 96 valence electrons. The SMILES string of the molecule is CC(O)CC(C)(c1ccc(F)cc1)C(F)(F)F. The number of halogens is 4. The van der Waals surface area contributed by atoms with Crippen molar-refractivity contribution in [1.29, 1.82) is 0 Å². The van der Waals surface area contributed by atoms with Gasteiger partial charge in [-0.15, -0.1) is 0 Å². The Morgan fingerprint density at radius 3 is 2.00 bits per heavy atom. The Kier molecular flexibility index (Phi) is 3.81. The van der Waals surface area contributed by atoms with Crippen LogP contribution in [0.1, 0.15) is 25.8 Å². The average molecular weight is 250 g/mol. The van der Waals surface area contributed by atoms with Crippen LogP contribution in [0.2, 0.25) is 0 Å². The zero-order valence-corrected chi connectivity index (χ0v) is 9.55. The molecule has 0 aliphatic rings. The lowest BCUT2D eigenvalue weighted by Crippen LogP contribution is -2.41. The number of rotatable bonds is 3. The third-order valence-corrected chi connectivity index (χ3v) is 2.81. The van der Waals surface area contributed by atoms with Crippen LogP contribution in [0.3, 0.4) is 0 Å². The van der Waals surface area contributed by atoms with Crippen LogP contribution in [-0.2, 0) is 5.41 Å². The van der Waals surface area contributed by atoms with Crippen LogP contribution in [0.15, 0.2) is 24.3 Å². The fourth-order valence-corrected chi connectivity index (χ4v) is 1.81. The third kappa shape index (κ3) is 2.97. The van der Waals surface area contributed by atoms with E-state index in [0.29, 0.717) is 0 Å². The van der Waals surface area contributed by atoms with E-state index < -0.39 is 29.9 Å². The maximum Gasteiger partial charge on any atom is 0.398 e. The van der Waals surface area contributed by atoms with E-state index in [1.165, 1.54) is 6.92 Å². The molecule has 0 radical (unpaired) electrons. The third-order valence-electron chi connectivity index (χ3n) is 2.81. The van der Waals surface area contributed by atoms with Crippen LogP contribution < -0.4 is 0 Å². The van der Waals surface area contributed by atoms with E-state index in [9.17, 15) is 22.7 Å². The summed E-state index contributed by atoms with van der Waals surface area (Å²) in [4.78, 5) is 0. The Labute approximate surface area is 97.1 Å². The summed E-state index contributed by atoms with van der Waals surface area (Å²) in [6.07, 6.45) is -6.05. The summed E-state index contributed by atoms with van der Waals surface area (Å²) in [6.45, 7) is 2.31. The molecule has 0 fully saturated rings. The van der Waals surface area contributed by atoms with E-state index in [0.717, 1.165) is 31.2 Å². The van der Waals surface area contributed by atoms with Crippen LogP contribution in [0, 0.1) is 5.82 Å². The zero-order valence-electron chi connectivity index (χ0n) is 9.55. The summed E-state index contributed by atoms with van der Waals surface area (Å²) in [7, 11) is 0.